The highest BCUT2D eigenvalue weighted by molar-refractivity contribution is 7.89. The third-order valence-electron chi connectivity index (χ3n) is 5.26. The number of amides is 1. The van der Waals surface area contributed by atoms with Crippen LogP contribution in [0, 0.1) is 0 Å². The molecule has 4 rings (SSSR count). The van der Waals surface area contributed by atoms with Crippen molar-refractivity contribution in [3.8, 4) is 5.75 Å². The number of hydrogen-bond acceptors (Lipinski definition) is 6. The zero-order chi connectivity index (χ0) is 22.6. The van der Waals surface area contributed by atoms with Gasteiger partial charge in [-0.1, -0.05) is 30.3 Å². The lowest BCUT2D eigenvalue weighted by atomic mass is 10.0. The van der Waals surface area contributed by atoms with E-state index in [0.29, 0.717) is 19.0 Å². The largest absolute Gasteiger partial charge is 0.496 e. The summed E-state index contributed by atoms with van der Waals surface area (Å²) in [7, 11) is -2.33. The summed E-state index contributed by atoms with van der Waals surface area (Å²) < 4.78 is 43.6. The van der Waals surface area contributed by atoms with Crippen LogP contribution in [-0.4, -0.2) is 52.0 Å². The maximum Gasteiger partial charge on any atom is 0.255 e. The van der Waals surface area contributed by atoms with Gasteiger partial charge in [-0.15, -0.1) is 0 Å². The molecule has 1 N–H and O–H groups in total. The number of benzene rings is 2. The lowest BCUT2D eigenvalue weighted by Gasteiger charge is -2.26. The van der Waals surface area contributed by atoms with Crippen LogP contribution in [0.5, 0.6) is 5.75 Å². The fourth-order valence-electron chi connectivity index (χ4n) is 3.59. The molecule has 3 aromatic rings. The minimum atomic E-state index is -3.77. The maximum atomic E-state index is 13.3. The molecule has 0 bridgehead atoms. The Morgan fingerprint density at radius 3 is 2.47 bits per heavy atom. The quantitative estimate of drug-likeness (QED) is 0.587. The SMILES string of the molecule is COc1ccc(S(=O)(=O)N2CCOCC2)cc1C(=O)NC(c1ccccc1)c1ccco1. The number of carbonyl (C=O) groups excluding carboxylic acids is 1. The second-order valence-electron chi connectivity index (χ2n) is 7.21. The summed E-state index contributed by atoms with van der Waals surface area (Å²) >= 11 is 0. The fraction of sp³-hybridized carbons (Fsp3) is 0.261. The zero-order valence-corrected chi connectivity index (χ0v) is 18.4. The van der Waals surface area contributed by atoms with Gasteiger partial charge >= 0.3 is 0 Å². The van der Waals surface area contributed by atoms with Crippen molar-refractivity contribution >= 4 is 15.9 Å². The van der Waals surface area contributed by atoms with E-state index in [-0.39, 0.29) is 29.3 Å². The van der Waals surface area contributed by atoms with Crippen molar-refractivity contribution in [3.05, 3.63) is 83.8 Å². The van der Waals surface area contributed by atoms with Gasteiger partial charge in [-0.2, -0.15) is 4.31 Å². The lowest BCUT2D eigenvalue weighted by molar-refractivity contribution is 0.0730. The number of morpholine rings is 1. The monoisotopic (exact) mass is 456 g/mol. The molecule has 32 heavy (non-hydrogen) atoms. The molecule has 9 heteroatoms. The average molecular weight is 457 g/mol. The number of carbonyl (C=O) groups is 1. The Morgan fingerprint density at radius 2 is 1.81 bits per heavy atom. The Hall–Kier alpha value is -3.14. The van der Waals surface area contributed by atoms with Crippen molar-refractivity contribution in [1.29, 1.82) is 0 Å². The molecule has 1 atom stereocenters. The van der Waals surface area contributed by atoms with Crippen LogP contribution in [0.4, 0.5) is 0 Å². The topological polar surface area (TPSA) is 98.1 Å². The summed E-state index contributed by atoms with van der Waals surface area (Å²) in [4.78, 5) is 13.3. The predicted octanol–water partition coefficient (Wildman–Crippen LogP) is 2.83. The molecule has 1 aliphatic rings. The Balaban J connectivity index is 1.67. The third-order valence-corrected chi connectivity index (χ3v) is 7.15. The van der Waals surface area contributed by atoms with E-state index >= 15 is 0 Å². The van der Waals surface area contributed by atoms with Crippen molar-refractivity contribution in [1.82, 2.24) is 9.62 Å². The van der Waals surface area contributed by atoms with Crippen LogP contribution in [0.3, 0.4) is 0 Å². The highest BCUT2D eigenvalue weighted by Crippen LogP contribution is 2.28. The van der Waals surface area contributed by atoms with Crippen LogP contribution < -0.4 is 10.1 Å². The van der Waals surface area contributed by atoms with Gasteiger partial charge in [0, 0.05) is 13.1 Å². The predicted molar refractivity (Wildman–Crippen MR) is 117 cm³/mol. The molecule has 0 radical (unpaired) electrons. The van der Waals surface area contributed by atoms with Gasteiger partial charge in [-0.3, -0.25) is 4.79 Å². The Bertz CT molecular complexity index is 1160. The molecule has 0 spiro atoms. The number of ether oxygens (including phenoxy) is 2. The first kappa shape index (κ1) is 22.1. The lowest BCUT2D eigenvalue weighted by Crippen LogP contribution is -2.40. The molecule has 168 valence electrons. The number of nitrogens with zero attached hydrogens (tertiary/aromatic N) is 1. The summed E-state index contributed by atoms with van der Waals surface area (Å²) in [5, 5.41) is 2.94. The standard InChI is InChI=1S/C23H24N2O6S/c1-29-20-10-9-18(32(27,28)25-11-14-30-15-12-25)16-19(20)23(26)24-22(21-8-5-13-31-21)17-6-3-2-4-7-17/h2-10,13,16,22H,11-12,14-15H2,1H3,(H,24,26). The Kier molecular flexibility index (Phi) is 6.59. The number of hydrogen-bond donors (Lipinski definition) is 1. The van der Waals surface area contributed by atoms with Crippen LogP contribution in [-0.2, 0) is 14.8 Å². The summed E-state index contributed by atoms with van der Waals surface area (Å²) in [6, 6.07) is 16.6. The minimum absolute atomic E-state index is 0.0274. The Morgan fingerprint density at radius 1 is 1.06 bits per heavy atom. The summed E-state index contributed by atoms with van der Waals surface area (Å²) in [6.45, 7) is 1.21. The van der Waals surface area contributed by atoms with Crippen LogP contribution >= 0.6 is 0 Å². The van der Waals surface area contributed by atoms with Gasteiger partial charge in [0.1, 0.15) is 17.6 Å². The van der Waals surface area contributed by atoms with E-state index in [2.05, 4.69) is 5.32 Å². The number of furan rings is 1. The number of nitrogens with one attached hydrogen (secondary N) is 1. The fourth-order valence-corrected chi connectivity index (χ4v) is 5.02. The van der Waals surface area contributed by atoms with E-state index < -0.39 is 22.0 Å². The molecule has 0 aliphatic carbocycles. The first-order chi connectivity index (χ1) is 15.5. The second-order valence-corrected chi connectivity index (χ2v) is 9.15. The van der Waals surface area contributed by atoms with E-state index in [0.717, 1.165) is 5.56 Å². The molecular formula is C23H24N2O6S. The molecule has 1 aliphatic heterocycles. The normalized spacial score (nSPS) is 15.8. The van der Waals surface area contributed by atoms with Crippen molar-refractivity contribution in [2.24, 2.45) is 0 Å². The second kappa shape index (κ2) is 9.56. The number of rotatable bonds is 7. The summed E-state index contributed by atoms with van der Waals surface area (Å²) in [6.07, 6.45) is 1.54. The van der Waals surface area contributed by atoms with Crippen molar-refractivity contribution < 1.29 is 27.1 Å². The van der Waals surface area contributed by atoms with Gasteiger partial charge in [0.15, 0.2) is 0 Å². The van der Waals surface area contributed by atoms with Crippen LogP contribution in [0.1, 0.15) is 27.7 Å². The molecule has 2 heterocycles. The van der Waals surface area contributed by atoms with Gasteiger partial charge in [-0.25, -0.2) is 8.42 Å². The average Bonchev–Trinajstić information content (AvgIpc) is 3.37. The Labute approximate surface area is 186 Å². The van der Waals surface area contributed by atoms with Gasteiger partial charge in [0.2, 0.25) is 10.0 Å². The molecule has 2 aromatic carbocycles. The molecule has 1 amide bonds. The minimum Gasteiger partial charge on any atom is -0.496 e. The van der Waals surface area contributed by atoms with Gasteiger partial charge < -0.3 is 19.2 Å². The first-order valence-electron chi connectivity index (χ1n) is 10.2. The zero-order valence-electron chi connectivity index (χ0n) is 17.6. The molecule has 1 unspecified atom stereocenters. The first-order valence-corrected chi connectivity index (χ1v) is 11.6. The van der Waals surface area contributed by atoms with E-state index in [1.165, 1.54) is 35.9 Å². The summed E-state index contributed by atoms with van der Waals surface area (Å²) in [5.74, 6) is 0.349. The highest BCUT2D eigenvalue weighted by atomic mass is 32.2. The number of sulfonamides is 1. The van der Waals surface area contributed by atoms with Crippen molar-refractivity contribution in [3.63, 3.8) is 0 Å². The van der Waals surface area contributed by atoms with E-state index in [1.54, 1.807) is 12.1 Å². The molecule has 1 fully saturated rings. The smallest absolute Gasteiger partial charge is 0.255 e. The summed E-state index contributed by atoms with van der Waals surface area (Å²) in [5.41, 5.74) is 0.946. The van der Waals surface area contributed by atoms with Crippen molar-refractivity contribution in [2.75, 3.05) is 33.4 Å². The molecule has 0 saturated carbocycles. The third kappa shape index (κ3) is 4.55. The number of methoxy groups -OCH3 is 1. The molecule has 1 saturated heterocycles. The van der Waals surface area contributed by atoms with Gasteiger partial charge in [0.25, 0.3) is 5.91 Å². The van der Waals surface area contributed by atoms with Crippen molar-refractivity contribution in [2.45, 2.75) is 10.9 Å². The molecule has 8 nitrogen and oxygen atoms in total. The van der Waals surface area contributed by atoms with Crippen LogP contribution in [0.25, 0.3) is 0 Å². The van der Waals surface area contributed by atoms with E-state index in [9.17, 15) is 13.2 Å². The molecular weight excluding hydrogens is 432 g/mol. The van der Waals surface area contributed by atoms with E-state index in [4.69, 9.17) is 13.9 Å². The maximum absolute atomic E-state index is 13.3. The molecule has 1 aromatic heterocycles. The van der Waals surface area contributed by atoms with Crippen LogP contribution in [0.15, 0.2) is 76.2 Å². The van der Waals surface area contributed by atoms with Gasteiger partial charge in [0.05, 0.1) is 37.0 Å². The van der Waals surface area contributed by atoms with Crippen LogP contribution in [0.2, 0.25) is 0 Å². The highest BCUT2D eigenvalue weighted by Gasteiger charge is 2.29. The van der Waals surface area contributed by atoms with E-state index in [1.807, 2.05) is 30.3 Å². The van der Waals surface area contributed by atoms with Gasteiger partial charge in [-0.05, 0) is 35.9 Å².